The first-order valence-electron chi connectivity index (χ1n) is 12.5. The van der Waals surface area contributed by atoms with Gasteiger partial charge in [-0.1, -0.05) is 18.6 Å². The van der Waals surface area contributed by atoms with Gasteiger partial charge in [0, 0.05) is 44.8 Å². The Labute approximate surface area is 197 Å². The Morgan fingerprint density at radius 3 is 2.48 bits per heavy atom. The highest BCUT2D eigenvalue weighted by Crippen LogP contribution is 2.31. The van der Waals surface area contributed by atoms with Crippen LogP contribution < -0.4 is 14.4 Å². The maximum atomic E-state index is 13.1. The van der Waals surface area contributed by atoms with Gasteiger partial charge >= 0.3 is 0 Å². The minimum atomic E-state index is 0.0849. The molecule has 0 saturated carbocycles. The first-order valence-corrected chi connectivity index (χ1v) is 12.5. The molecule has 3 aliphatic heterocycles. The third kappa shape index (κ3) is 5.27. The summed E-state index contributed by atoms with van der Waals surface area (Å²) in [7, 11) is 0. The van der Waals surface area contributed by atoms with E-state index in [1.807, 2.05) is 17.0 Å². The van der Waals surface area contributed by atoms with E-state index in [4.69, 9.17) is 9.47 Å². The lowest BCUT2D eigenvalue weighted by molar-refractivity contribution is 0.0743. The molecule has 3 aliphatic rings. The minimum Gasteiger partial charge on any atom is -0.494 e. The summed E-state index contributed by atoms with van der Waals surface area (Å²) in [6, 6.07) is 14.3. The highest BCUT2D eigenvalue weighted by atomic mass is 16.5. The second kappa shape index (κ2) is 10.5. The molecule has 2 aromatic rings. The Balaban J connectivity index is 1.08. The molecule has 0 radical (unpaired) electrons. The van der Waals surface area contributed by atoms with Gasteiger partial charge in [0.05, 0.1) is 18.8 Å². The van der Waals surface area contributed by atoms with Crippen molar-refractivity contribution in [3.05, 3.63) is 53.6 Å². The molecule has 33 heavy (non-hydrogen) atoms. The Kier molecular flexibility index (Phi) is 7.01. The van der Waals surface area contributed by atoms with Gasteiger partial charge in [-0.3, -0.25) is 4.79 Å². The molecular weight excluding hydrogens is 414 g/mol. The second-order valence-corrected chi connectivity index (χ2v) is 9.27. The predicted octanol–water partition coefficient (Wildman–Crippen LogP) is 3.84. The molecule has 2 fully saturated rings. The molecular formula is C27H35N3O3. The van der Waals surface area contributed by atoms with Crippen LogP contribution in [0.3, 0.4) is 0 Å². The highest BCUT2D eigenvalue weighted by Gasteiger charge is 2.27. The van der Waals surface area contributed by atoms with Crippen molar-refractivity contribution < 1.29 is 14.3 Å². The predicted molar refractivity (Wildman–Crippen MR) is 131 cm³/mol. The van der Waals surface area contributed by atoms with E-state index in [1.165, 1.54) is 38.0 Å². The second-order valence-electron chi connectivity index (χ2n) is 9.27. The fourth-order valence-electron chi connectivity index (χ4n) is 5.14. The van der Waals surface area contributed by atoms with Gasteiger partial charge in [-0.15, -0.1) is 0 Å². The number of carbonyl (C=O) groups excluding carboxylic acids is 1. The number of likely N-dealkylation sites (tertiary alicyclic amines) is 1. The number of para-hydroxylation sites is 1. The molecule has 6 nitrogen and oxygen atoms in total. The van der Waals surface area contributed by atoms with Crippen LogP contribution in [-0.4, -0.2) is 74.7 Å². The molecule has 0 N–H and O–H groups in total. The van der Waals surface area contributed by atoms with E-state index in [9.17, 15) is 4.79 Å². The van der Waals surface area contributed by atoms with E-state index in [0.717, 1.165) is 69.2 Å². The van der Waals surface area contributed by atoms with Gasteiger partial charge in [0.1, 0.15) is 11.5 Å². The molecule has 5 rings (SSSR count). The first kappa shape index (κ1) is 22.1. The molecule has 0 unspecified atom stereocenters. The van der Waals surface area contributed by atoms with E-state index in [-0.39, 0.29) is 5.91 Å². The molecule has 1 amide bonds. The van der Waals surface area contributed by atoms with Crippen molar-refractivity contribution in [2.24, 2.45) is 0 Å². The first-order chi connectivity index (χ1) is 16.3. The van der Waals surface area contributed by atoms with Gasteiger partial charge in [0.25, 0.3) is 5.91 Å². The SMILES string of the molecule is O=C(c1cccc2c1OCC2)N1CCN(c2ccc(OCCCN3CCCCC3)cc2)CC1. The Hall–Kier alpha value is -2.73. The quantitative estimate of drug-likeness (QED) is 0.601. The van der Waals surface area contributed by atoms with E-state index < -0.39 is 0 Å². The van der Waals surface area contributed by atoms with Crippen molar-refractivity contribution in [1.82, 2.24) is 9.80 Å². The third-order valence-corrected chi connectivity index (χ3v) is 7.05. The number of fused-ring (bicyclic) bond motifs is 1. The zero-order valence-electron chi connectivity index (χ0n) is 19.5. The Bertz CT molecular complexity index is 932. The average molecular weight is 450 g/mol. The number of amides is 1. The lowest BCUT2D eigenvalue weighted by Crippen LogP contribution is -2.48. The van der Waals surface area contributed by atoms with Crippen LogP contribution >= 0.6 is 0 Å². The number of hydrogen-bond donors (Lipinski definition) is 0. The number of hydrogen-bond acceptors (Lipinski definition) is 5. The van der Waals surface area contributed by atoms with Crippen LogP contribution in [0, 0.1) is 0 Å². The highest BCUT2D eigenvalue weighted by molar-refractivity contribution is 5.97. The Morgan fingerprint density at radius 2 is 1.70 bits per heavy atom. The topological polar surface area (TPSA) is 45.3 Å². The lowest BCUT2D eigenvalue weighted by Gasteiger charge is -2.36. The summed E-state index contributed by atoms with van der Waals surface area (Å²) < 4.78 is 11.7. The molecule has 0 atom stereocenters. The third-order valence-electron chi connectivity index (χ3n) is 7.05. The number of carbonyl (C=O) groups is 1. The van der Waals surface area contributed by atoms with Gasteiger partial charge in [-0.05, 0) is 68.2 Å². The lowest BCUT2D eigenvalue weighted by atomic mass is 10.1. The summed E-state index contributed by atoms with van der Waals surface area (Å²) in [6.07, 6.45) is 6.03. The number of anilines is 1. The van der Waals surface area contributed by atoms with Crippen molar-refractivity contribution in [3.8, 4) is 11.5 Å². The van der Waals surface area contributed by atoms with Gasteiger partial charge < -0.3 is 24.2 Å². The minimum absolute atomic E-state index is 0.0849. The van der Waals surface area contributed by atoms with Crippen LogP contribution in [0.2, 0.25) is 0 Å². The molecule has 0 aliphatic carbocycles. The normalized spacial score (nSPS) is 18.7. The van der Waals surface area contributed by atoms with Crippen LogP contribution in [0.5, 0.6) is 11.5 Å². The van der Waals surface area contributed by atoms with Gasteiger partial charge in [0.15, 0.2) is 0 Å². The smallest absolute Gasteiger partial charge is 0.257 e. The largest absolute Gasteiger partial charge is 0.494 e. The van der Waals surface area contributed by atoms with E-state index in [0.29, 0.717) is 12.2 Å². The number of ether oxygens (including phenoxy) is 2. The molecule has 3 heterocycles. The fraction of sp³-hybridized carbons (Fsp3) is 0.519. The summed E-state index contributed by atoms with van der Waals surface area (Å²) in [5.41, 5.74) is 3.04. The number of rotatable bonds is 7. The number of nitrogens with zero attached hydrogens (tertiary/aromatic N) is 3. The van der Waals surface area contributed by atoms with Crippen LogP contribution in [0.1, 0.15) is 41.6 Å². The monoisotopic (exact) mass is 449 g/mol. The van der Waals surface area contributed by atoms with Crippen molar-refractivity contribution in [1.29, 1.82) is 0 Å². The standard InChI is InChI=1S/C27H35N3O3/c31-27(25-7-4-6-22-12-21-33-26(22)25)30-18-16-29(17-19-30)23-8-10-24(11-9-23)32-20-5-15-28-13-2-1-3-14-28/h4,6-11H,1-3,5,12-21H2. The molecule has 0 bridgehead atoms. The summed E-state index contributed by atoms with van der Waals surface area (Å²) in [4.78, 5) is 19.9. The van der Waals surface area contributed by atoms with Crippen molar-refractivity contribution >= 4 is 11.6 Å². The molecule has 0 spiro atoms. The van der Waals surface area contributed by atoms with Crippen LogP contribution in [0.25, 0.3) is 0 Å². The van der Waals surface area contributed by atoms with Crippen LogP contribution in [0.15, 0.2) is 42.5 Å². The maximum absolute atomic E-state index is 13.1. The van der Waals surface area contributed by atoms with Gasteiger partial charge in [-0.25, -0.2) is 0 Å². The zero-order chi connectivity index (χ0) is 22.5. The number of piperazine rings is 1. The molecule has 0 aromatic heterocycles. The summed E-state index contributed by atoms with van der Waals surface area (Å²) in [6.45, 7) is 8.17. The van der Waals surface area contributed by atoms with Crippen LogP contribution in [-0.2, 0) is 6.42 Å². The van der Waals surface area contributed by atoms with Crippen molar-refractivity contribution in [2.45, 2.75) is 32.1 Å². The van der Waals surface area contributed by atoms with Gasteiger partial charge in [-0.2, -0.15) is 0 Å². The van der Waals surface area contributed by atoms with Gasteiger partial charge in [0.2, 0.25) is 0 Å². The van der Waals surface area contributed by atoms with E-state index >= 15 is 0 Å². The zero-order valence-corrected chi connectivity index (χ0v) is 19.5. The molecule has 2 saturated heterocycles. The molecule has 2 aromatic carbocycles. The Morgan fingerprint density at radius 1 is 0.909 bits per heavy atom. The summed E-state index contributed by atoms with van der Waals surface area (Å²) in [5, 5.41) is 0. The summed E-state index contributed by atoms with van der Waals surface area (Å²) in [5.74, 6) is 1.81. The number of piperidine rings is 1. The average Bonchev–Trinajstić information content (AvgIpc) is 3.37. The maximum Gasteiger partial charge on any atom is 0.257 e. The fourth-order valence-corrected chi connectivity index (χ4v) is 5.14. The van der Waals surface area contributed by atoms with E-state index in [2.05, 4.69) is 40.1 Å². The van der Waals surface area contributed by atoms with Crippen molar-refractivity contribution in [2.75, 3.05) is 63.9 Å². The van der Waals surface area contributed by atoms with E-state index in [1.54, 1.807) is 0 Å². The molecule has 6 heteroatoms. The van der Waals surface area contributed by atoms with Crippen LogP contribution in [0.4, 0.5) is 5.69 Å². The molecule has 176 valence electrons. The van der Waals surface area contributed by atoms with Crippen molar-refractivity contribution in [3.63, 3.8) is 0 Å². The summed E-state index contributed by atoms with van der Waals surface area (Å²) >= 11 is 0. The number of benzene rings is 2.